The van der Waals surface area contributed by atoms with Gasteiger partial charge in [0.15, 0.2) is 6.29 Å². The number of allylic oxidation sites excluding steroid dienone is 1. The van der Waals surface area contributed by atoms with E-state index in [0.29, 0.717) is 19.1 Å². The second kappa shape index (κ2) is 9.43. The first-order chi connectivity index (χ1) is 13.6. The molecule has 0 aromatic carbocycles. The van der Waals surface area contributed by atoms with Crippen molar-refractivity contribution in [3.05, 3.63) is 24.6 Å². The van der Waals surface area contributed by atoms with Gasteiger partial charge >= 0.3 is 0 Å². The van der Waals surface area contributed by atoms with E-state index < -0.39 is 0 Å². The van der Waals surface area contributed by atoms with Crippen molar-refractivity contribution in [1.82, 2.24) is 0 Å². The average Bonchev–Trinajstić information content (AvgIpc) is 2.74. The van der Waals surface area contributed by atoms with Gasteiger partial charge in [-0.1, -0.05) is 25.8 Å². The van der Waals surface area contributed by atoms with Gasteiger partial charge in [0.1, 0.15) is 0 Å². The third-order valence-electron chi connectivity index (χ3n) is 8.28. The molecule has 28 heavy (non-hydrogen) atoms. The molecular formula is C25H39FO2. The van der Waals surface area contributed by atoms with E-state index in [2.05, 4.69) is 13.5 Å². The zero-order valence-corrected chi connectivity index (χ0v) is 17.7. The summed E-state index contributed by atoms with van der Waals surface area (Å²) in [7, 11) is 0. The predicted molar refractivity (Wildman–Crippen MR) is 111 cm³/mol. The van der Waals surface area contributed by atoms with Crippen molar-refractivity contribution in [1.29, 1.82) is 0 Å². The largest absolute Gasteiger partial charge is 0.351 e. The first-order valence-corrected chi connectivity index (χ1v) is 11.9. The van der Waals surface area contributed by atoms with E-state index in [1.54, 1.807) is 0 Å². The molecule has 0 spiro atoms. The van der Waals surface area contributed by atoms with E-state index in [-0.39, 0.29) is 29.9 Å². The lowest BCUT2D eigenvalue weighted by molar-refractivity contribution is -0.212. The Morgan fingerprint density at radius 2 is 1.43 bits per heavy atom. The molecule has 2 unspecified atom stereocenters. The molecule has 0 amide bonds. The Kier molecular flexibility index (Phi) is 6.94. The highest BCUT2D eigenvalue weighted by molar-refractivity contribution is 5.08. The summed E-state index contributed by atoms with van der Waals surface area (Å²) in [6.07, 6.45) is 16.2. The maximum Gasteiger partial charge on any atom is 0.163 e. The predicted octanol–water partition coefficient (Wildman–Crippen LogP) is 6.67. The SMILES string of the molecule is C=CC1COC(C2C=C(F)C(C3CCC(C4CCC(C)CC4)CC3)CC2)OC1. The highest BCUT2D eigenvalue weighted by Gasteiger charge is 2.38. The van der Waals surface area contributed by atoms with Crippen molar-refractivity contribution in [3.8, 4) is 0 Å². The molecule has 1 heterocycles. The van der Waals surface area contributed by atoms with Crippen LogP contribution >= 0.6 is 0 Å². The smallest absolute Gasteiger partial charge is 0.163 e. The third kappa shape index (κ3) is 4.73. The molecule has 4 aliphatic rings. The Morgan fingerprint density at radius 1 is 0.857 bits per heavy atom. The van der Waals surface area contributed by atoms with Gasteiger partial charge in [-0.25, -0.2) is 4.39 Å². The summed E-state index contributed by atoms with van der Waals surface area (Å²) in [4.78, 5) is 0. The van der Waals surface area contributed by atoms with Crippen molar-refractivity contribution in [2.75, 3.05) is 13.2 Å². The zero-order chi connectivity index (χ0) is 19.5. The first kappa shape index (κ1) is 20.6. The summed E-state index contributed by atoms with van der Waals surface area (Å²) in [6, 6.07) is 0. The molecule has 1 saturated heterocycles. The van der Waals surface area contributed by atoms with Crippen molar-refractivity contribution in [2.24, 2.45) is 41.4 Å². The molecule has 0 aromatic heterocycles. The number of hydrogen-bond acceptors (Lipinski definition) is 2. The topological polar surface area (TPSA) is 18.5 Å². The van der Waals surface area contributed by atoms with Crippen molar-refractivity contribution < 1.29 is 13.9 Å². The van der Waals surface area contributed by atoms with E-state index in [9.17, 15) is 0 Å². The lowest BCUT2D eigenvalue weighted by Crippen LogP contribution is -2.37. The summed E-state index contributed by atoms with van der Waals surface area (Å²) in [5.41, 5.74) is 0. The van der Waals surface area contributed by atoms with Crippen LogP contribution in [0.25, 0.3) is 0 Å². The van der Waals surface area contributed by atoms with Gasteiger partial charge in [-0.3, -0.25) is 0 Å². The number of hydrogen-bond donors (Lipinski definition) is 0. The van der Waals surface area contributed by atoms with Crippen LogP contribution < -0.4 is 0 Å². The van der Waals surface area contributed by atoms with Gasteiger partial charge in [-0.2, -0.15) is 0 Å². The standard InChI is InChI=1S/C25H39FO2/c1-3-18-15-27-25(28-16-18)22-12-13-23(24(26)14-22)21-10-8-20(9-11-21)19-6-4-17(2)5-7-19/h3,14,17-23,25H,1,4-13,15-16H2,2H3. The van der Waals surface area contributed by atoms with Gasteiger partial charge in [-0.05, 0) is 81.1 Å². The molecule has 0 bridgehead atoms. The molecule has 158 valence electrons. The Bertz CT molecular complexity index is 535. The van der Waals surface area contributed by atoms with Gasteiger partial charge in [0, 0.05) is 17.8 Å². The number of halogens is 1. The van der Waals surface area contributed by atoms with Crippen LogP contribution in [0.1, 0.15) is 71.1 Å². The van der Waals surface area contributed by atoms with E-state index in [4.69, 9.17) is 9.47 Å². The van der Waals surface area contributed by atoms with E-state index in [0.717, 1.165) is 30.6 Å². The summed E-state index contributed by atoms with van der Waals surface area (Å²) < 4.78 is 26.7. The first-order valence-electron chi connectivity index (χ1n) is 11.9. The minimum atomic E-state index is -0.271. The van der Waals surface area contributed by atoms with Crippen molar-refractivity contribution in [3.63, 3.8) is 0 Å². The van der Waals surface area contributed by atoms with Crippen LogP contribution in [-0.2, 0) is 9.47 Å². The lowest BCUT2D eigenvalue weighted by atomic mass is 9.66. The molecule has 2 nitrogen and oxygen atoms in total. The van der Waals surface area contributed by atoms with E-state index >= 15 is 4.39 Å². The van der Waals surface area contributed by atoms with E-state index in [1.807, 2.05) is 12.2 Å². The fourth-order valence-electron chi connectivity index (χ4n) is 6.29. The monoisotopic (exact) mass is 390 g/mol. The van der Waals surface area contributed by atoms with Crippen LogP contribution in [0, 0.1) is 41.4 Å². The highest BCUT2D eigenvalue weighted by atomic mass is 19.1. The molecule has 0 N–H and O–H groups in total. The molecule has 3 fully saturated rings. The van der Waals surface area contributed by atoms with Crippen molar-refractivity contribution >= 4 is 0 Å². The van der Waals surface area contributed by atoms with Gasteiger partial charge in [0.05, 0.1) is 19.0 Å². The second-order valence-electron chi connectivity index (χ2n) is 10.1. The minimum absolute atomic E-state index is 0.0718. The van der Waals surface area contributed by atoms with Crippen LogP contribution in [0.5, 0.6) is 0 Å². The quantitative estimate of drug-likeness (QED) is 0.499. The van der Waals surface area contributed by atoms with Crippen LogP contribution in [0.3, 0.4) is 0 Å². The second-order valence-corrected chi connectivity index (χ2v) is 10.1. The summed E-state index contributed by atoms with van der Waals surface area (Å²) in [6.45, 7) is 7.50. The molecule has 0 radical (unpaired) electrons. The Labute approximate surface area is 170 Å². The number of ether oxygens (including phenoxy) is 2. The molecule has 3 aliphatic carbocycles. The van der Waals surface area contributed by atoms with Crippen molar-refractivity contribution in [2.45, 2.75) is 77.4 Å². The van der Waals surface area contributed by atoms with Gasteiger partial charge in [0.25, 0.3) is 0 Å². The van der Waals surface area contributed by atoms with Gasteiger partial charge in [-0.15, -0.1) is 6.58 Å². The maximum atomic E-state index is 15.0. The summed E-state index contributed by atoms with van der Waals surface area (Å²) in [5.74, 6) is 3.95. The minimum Gasteiger partial charge on any atom is -0.351 e. The van der Waals surface area contributed by atoms with Crippen LogP contribution in [0.2, 0.25) is 0 Å². The molecule has 0 aromatic rings. The molecule has 2 saturated carbocycles. The maximum absolute atomic E-state index is 15.0. The molecule has 4 rings (SSSR count). The molecular weight excluding hydrogens is 351 g/mol. The summed E-state index contributed by atoms with van der Waals surface area (Å²) >= 11 is 0. The Balaban J connectivity index is 1.26. The average molecular weight is 391 g/mol. The number of rotatable bonds is 4. The van der Waals surface area contributed by atoms with Crippen LogP contribution in [0.4, 0.5) is 4.39 Å². The fourth-order valence-corrected chi connectivity index (χ4v) is 6.29. The highest BCUT2D eigenvalue weighted by Crippen LogP contribution is 2.46. The molecule has 1 aliphatic heterocycles. The zero-order valence-electron chi connectivity index (χ0n) is 17.7. The molecule has 3 heteroatoms. The third-order valence-corrected chi connectivity index (χ3v) is 8.28. The lowest BCUT2D eigenvalue weighted by Gasteiger charge is -2.41. The van der Waals surface area contributed by atoms with Crippen LogP contribution in [0.15, 0.2) is 24.6 Å². The Morgan fingerprint density at radius 3 is 2.00 bits per heavy atom. The Hall–Kier alpha value is -0.670. The fraction of sp³-hybridized carbons (Fsp3) is 0.840. The molecule has 2 atom stereocenters. The van der Waals surface area contributed by atoms with Crippen LogP contribution in [-0.4, -0.2) is 19.5 Å². The summed E-state index contributed by atoms with van der Waals surface area (Å²) in [5, 5.41) is 0. The van der Waals surface area contributed by atoms with Gasteiger partial charge < -0.3 is 9.47 Å². The van der Waals surface area contributed by atoms with Gasteiger partial charge in [0.2, 0.25) is 0 Å². The van der Waals surface area contributed by atoms with E-state index in [1.165, 1.54) is 51.4 Å². The normalized spacial score (nSPS) is 45.3.